The van der Waals surface area contributed by atoms with Crippen molar-refractivity contribution in [2.75, 3.05) is 36.5 Å². The molecule has 1 N–H and O–H groups in total. The fourth-order valence-electron chi connectivity index (χ4n) is 4.92. The number of fused-ring (bicyclic) bond motifs is 1. The molecule has 3 aromatic rings. The normalized spacial score (nSPS) is 19.5. The molecule has 2 atom stereocenters. The van der Waals surface area contributed by atoms with Crippen molar-refractivity contribution >= 4 is 23.3 Å². The predicted molar refractivity (Wildman–Crippen MR) is 134 cm³/mol. The van der Waals surface area contributed by atoms with E-state index in [-0.39, 0.29) is 23.9 Å². The Bertz CT molecular complexity index is 1260. The number of nitrogens with zero attached hydrogens (tertiary/aromatic N) is 4. The molecule has 8 nitrogen and oxygen atoms in total. The number of hydrogen-bond donors (Lipinski definition) is 1. The molecular formula is C27H28FN5O3. The number of ether oxygens (including phenoxy) is 1. The highest BCUT2D eigenvalue weighted by Crippen LogP contribution is 2.41. The number of hydrogen-bond acceptors (Lipinski definition) is 6. The Hall–Kier alpha value is -3.85. The topological polar surface area (TPSA) is 87.7 Å². The van der Waals surface area contributed by atoms with Crippen LogP contribution in [0.2, 0.25) is 0 Å². The summed E-state index contributed by atoms with van der Waals surface area (Å²) in [5, 5.41) is 3.40. The first kappa shape index (κ1) is 23.9. The van der Waals surface area contributed by atoms with Crippen molar-refractivity contribution in [3.05, 3.63) is 71.9 Å². The molecule has 2 aliphatic rings. The van der Waals surface area contributed by atoms with Crippen molar-refractivity contribution < 1.29 is 18.7 Å². The summed E-state index contributed by atoms with van der Waals surface area (Å²) >= 11 is 0. The minimum absolute atomic E-state index is 0.0223. The highest BCUT2D eigenvalue weighted by atomic mass is 19.1. The quantitative estimate of drug-likeness (QED) is 0.595. The monoisotopic (exact) mass is 489 g/mol. The lowest BCUT2D eigenvalue weighted by Gasteiger charge is -2.39. The lowest BCUT2D eigenvalue weighted by molar-refractivity contribution is -0.117. The van der Waals surface area contributed by atoms with Gasteiger partial charge in [-0.1, -0.05) is 12.1 Å². The van der Waals surface area contributed by atoms with E-state index in [1.807, 2.05) is 31.2 Å². The zero-order valence-electron chi connectivity index (χ0n) is 20.3. The van der Waals surface area contributed by atoms with Crippen LogP contribution in [0.4, 0.5) is 15.9 Å². The highest BCUT2D eigenvalue weighted by molar-refractivity contribution is 5.95. The summed E-state index contributed by atoms with van der Waals surface area (Å²) in [5.74, 6) is 0.0415. The lowest BCUT2D eigenvalue weighted by Crippen LogP contribution is -2.43. The zero-order valence-corrected chi connectivity index (χ0v) is 20.3. The van der Waals surface area contributed by atoms with Gasteiger partial charge in [0.05, 0.1) is 25.5 Å². The Morgan fingerprint density at radius 1 is 1.03 bits per heavy atom. The molecule has 5 rings (SSSR count). The molecule has 4 heterocycles. The van der Waals surface area contributed by atoms with Gasteiger partial charge in [0.15, 0.2) is 0 Å². The van der Waals surface area contributed by atoms with E-state index in [1.165, 1.54) is 12.3 Å². The minimum Gasteiger partial charge on any atom is -0.378 e. The van der Waals surface area contributed by atoms with Crippen molar-refractivity contribution in [1.82, 2.24) is 14.9 Å². The van der Waals surface area contributed by atoms with Crippen LogP contribution in [0, 0.1) is 5.82 Å². The number of pyridine rings is 2. The molecule has 1 saturated heterocycles. The second-order valence-electron chi connectivity index (χ2n) is 9.14. The second-order valence-corrected chi connectivity index (χ2v) is 9.14. The first-order valence-corrected chi connectivity index (χ1v) is 12.1. The molecule has 0 saturated carbocycles. The first-order valence-electron chi connectivity index (χ1n) is 12.1. The highest BCUT2D eigenvalue weighted by Gasteiger charge is 2.33. The fraction of sp³-hybridized carbons (Fsp3) is 0.333. The number of nitrogens with one attached hydrogen (secondary N) is 1. The third-order valence-electron chi connectivity index (χ3n) is 6.68. The van der Waals surface area contributed by atoms with Crippen LogP contribution in [-0.2, 0) is 9.53 Å². The van der Waals surface area contributed by atoms with Gasteiger partial charge in [-0.2, -0.15) is 0 Å². The summed E-state index contributed by atoms with van der Waals surface area (Å²) in [6.07, 6.45) is 3.55. The molecule has 1 aromatic carbocycles. The van der Waals surface area contributed by atoms with E-state index in [0.29, 0.717) is 44.2 Å². The number of carbonyl (C=O) groups is 2. The Labute approximate surface area is 209 Å². The number of carbonyl (C=O) groups excluding carboxylic acids is 2. The zero-order chi connectivity index (χ0) is 25.2. The molecule has 0 bridgehead atoms. The third-order valence-corrected chi connectivity index (χ3v) is 6.68. The Balaban J connectivity index is 1.45. The molecule has 2 aromatic heterocycles. The van der Waals surface area contributed by atoms with Gasteiger partial charge >= 0.3 is 0 Å². The maximum absolute atomic E-state index is 13.4. The Morgan fingerprint density at radius 2 is 1.81 bits per heavy atom. The van der Waals surface area contributed by atoms with Crippen molar-refractivity contribution in [2.45, 2.75) is 32.4 Å². The molecular weight excluding hydrogens is 461 g/mol. The predicted octanol–water partition coefficient (Wildman–Crippen LogP) is 4.05. The van der Waals surface area contributed by atoms with Gasteiger partial charge in [0.2, 0.25) is 5.91 Å². The van der Waals surface area contributed by atoms with Gasteiger partial charge < -0.3 is 19.9 Å². The van der Waals surface area contributed by atoms with Crippen LogP contribution < -0.4 is 10.2 Å². The van der Waals surface area contributed by atoms with Crippen LogP contribution in [0.5, 0.6) is 0 Å². The van der Waals surface area contributed by atoms with Crippen LogP contribution in [0.1, 0.15) is 42.4 Å². The van der Waals surface area contributed by atoms with Crippen LogP contribution >= 0.6 is 0 Å². The molecule has 0 aliphatic carbocycles. The molecule has 2 amide bonds. The van der Waals surface area contributed by atoms with Crippen LogP contribution in [0.25, 0.3) is 11.1 Å². The Kier molecular flexibility index (Phi) is 6.65. The van der Waals surface area contributed by atoms with E-state index < -0.39 is 5.82 Å². The van der Waals surface area contributed by atoms with Gasteiger partial charge in [-0.05, 0) is 54.8 Å². The van der Waals surface area contributed by atoms with Gasteiger partial charge in [-0.15, -0.1) is 0 Å². The summed E-state index contributed by atoms with van der Waals surface area (Å²) in [6, 6.07) is 12.4. The maximum Gasteiger partial charge on any atom is 0.272 e. The average molecular weight is 490 g/mol. The van der Waals surface area contributed by atoms with Gasteiger partial charge in [0.25, 0.3) is 5.91 Å². The average Bonchev–Trinajstić information content (AvgIpc) is 2.90. The van der Waals surface area contributed by atoms with Crippen molar-refractivity contribution in [3.63, 3.8) is 0 Å². The van der Waals surface area contributed by atoms with E-state index >= 15 is 0 Å². The smallest absolute Gasteiger partial charge is 0.272 e. The van der Waals surface area contributed by atoms with Crippen LogP contribution in [-0.4, -0.2) is 59.0 Å². The fourth-order valence-corrected chi connectivity index (χ4v) is 4.92. The van der Waals surface area contributed by atoms with Crippen molar-refractivity contribution in [3.8, 4) is 11.1 Å². The van der Waals surface area contributed by atoms with Crippen molar-refractivity contribution in [1.29, 1.82) is 0 Å². The molecule has 1 fully saturated rings. The van der Waals surface area contributed by atoms with E-state index in [2.05, 4.69) is 15.3 Å². The van der Waals surface area contributed by atoms with E-state index in [1.54, 1.807) is 35.1 Å². The number of aromatic nitrogens is 2. The van der Waals surface area contributed by atoms with E-state index in [0.717, 1.165) is 22.4 Å². The summed E-state index contributed by atoms with van der Waals surface area (Å²) in [6.45, 7) is 5.79. The van der Waals surface area contributed by atoms with Gasteiger partial charge in [0, 0.05) is 43.5 Å². The number of rotatable bonds is 4. The standard InChI is InChI=1S/C27H28FN5O3/c1-17-13-24(31-26-8-5-21(28)16-30-26)22-14-19(4-7-25(22)33(17)18(2)34)20-3-6-23(29-15-20)27(35)32-9-11-36-12-10-32/h3-8,14-17,24H,9-13H2,1-2H3,(H,30,31)/t17-,24?/m0/s1. The lowest BCUT2D eigenvalue weighted by atomic mass is 9.89. The minimum atomic E-state index is -0.397. The number of morpholine rings is 1. The van der Waals surface area contributed by atoms with E-state index in [9.17, 15) is 14.0 Å². The second kappa shape index (κ2) is 10.0. The molecule has 0 spiro atoms. The number of halogens is 1. The number of benzene rings is 1. The molecule has 1 unspecified atom stereocenters. The molecule has 36 heavy (non-hydrogen) atoms. The molecule has 9 heteroatoms. The first-order chi connectivity index (χ1) is 17.4. The summed E-state index contributed by atoms with van der Waals surface area (Å²) in [5.41, 5.74) is 3.96. The summed E-state index contributed by atoms with van der Waals surface area (Å²) < 4.78 is 18.7. The van der Waals surface area contributed by atoms with Gasteiger partial charge in [0.1, 0.15) is 17.3 Å². The summed E-state index contributed by atoms with van der Waals surface area (Å²) in [4.78, 5) is 37.3. The van der Waals surface area contributed by atoms with Crippen molar-refractivity contribution in [2.24, 2.45) is 0 Å². The van der Waals surface area contributed by atoms with E-state index in [4.69, 9.17) is 4.74 Å². The van der Waals surface area contributed by atoms with Crippen LogP contribution in [0.15, 0.2) is 54.9 Å². The number of amides is 2. The summed E-state index contributed by atoms with van der Waals surface area (Å²) in [7, 11) is 0. The number of anilines is 2. The largest absolute Gasteiger partial charge is 0.378 e. The molecule has 0 radical (unpaired) electrons. The third kappa shape index (κ3) is 4.79. The van der Waals surface area contributed by atoms with Crippen LogP contribution in [0.3, 0.4) is 0 Å². The Morgan fingerprint density at radius 3 is 2.47 bits per heavy atom. The van der Waals surface area contributed by atoms with Gasteiger partial charge in [-0.3, -0.25) is 14.6 Å². The van der Waals surface area contributed by atoms with Gasteiger partial charge in [-0.25, -0.2) is 9.37 Å². The molecule has 2 aliphatic heterocycles. The maximum atomic E-state index is 13.4. The SMILES string of the molecule is CC(=O)N1c2ccc(-c3ccc(C(=O)N4CCOCC4)nc3)cc2C(Nc2ccc(F)cn2)C[C@@H]1C. The molecule has 186 valence electrons.